The van der Waals surface area contributed by atoms with E-state index in [1.54, 1.807) is 0 Å². The van der Waals surface area contributed by atoms with Crippen LogP contribution < -0.4 is 0 Å². The van der Waals surface area contributed by atoms with Crippen LogP contribution in [0.2, 0.25) is 0 Å². The van der Waals surface area contributed by atoms with Crippen LogP contribution in [0, 0.1) is 10.8 Å². The number of Topliss-reactive ketones (excluding diaryl/α,β-unsaturated/α-hetero) is 1. The molecule has 0 aliphatic rings. The molecular weight excluding hydrogens is 444 g/mol. The molecule has 0 fully saturated rings. The number of ketones is 1. The highest BCUT2D eigenvalue weighted by atomic mass is 16.5. The van der Waals surface area contributed by atoms with Crippen molar-refractivity contribution in [2.45, 2.75) is 87.0 Å². The molecule has 0 heterocycles. The van der Waals surface area contributed by atoms with Gasteiger partial charge in [0.05, 0.1) is 25.2 Å². The first kappa shape index (κ1) is 33.0. The van der Waals surface area contributed by atoms with Crippen LogP contribution in [0.5, 0.6) is 0 Å². The number of aliphatic hydroxyl groups is 3. The highest BCUT2D eigenvalue weighted by Gasteiger charge is 2.44. The van der Waals surface area contributed by atoms with Gasteiger partial charge in [-0.05, 0) is 87.0 Å². The molecule has 0 aliphatic carbocycles. The Morgan fingerprint density at radius 3 is 1.40 bits per heavy atom. The summed E-state index contributed by atoms with van der Waals surface area (Å²) >= 11 is 0. The Labute approximate surface area is 212 Å². The maximum absolute atomic E-state index is 13.4. The SMILES string of the molecule is CC(=O)C(CC=C(C)CCC=C(C)C)(CC=C(C)CCC=C(C)C)C(=O)OCC(CO)(CO)CO. The molecule has 0 spiro atoms. The second-order valence-electron chi connectivity index (χ2n) is 10.3. The summed E-state index contributed by atoms with van der Waals surface area (Å²) in [4.78, 5) is 26.3. The summed E-state index contributed by atoms with van der Waals surface area (Å²) in [5, 5.41) is 28.8. The maximum atomic E-state index is 13.4. The number of esters is 1. The van der Waals surface area contributed by atoms with Crippen LogP contribution in [0.4, 0.5) is 0 Å². The number of aliphatic hydroxyl groups excluding tert-OH is 3. The summed E-state index contributed by atoms with van der Waals surface area (Å²) in [6.07, 6.45) is 12.0. The largest absolute Gasteiger partial charge is 0.464 e. The van der Waals surface area contributed by atoms with Crippen molar-refractivity contribution >= 4 is 11.8 Å². The summed E-state index contributed by atoms with van der Waals surface area (Å²) in [5.41, 5.74) is 1.88. The summed E-state index contributed by atoms with van der Waals surface area (Å²) in [5.74, 6) is -1.00. The van der Waals surface area contributed by atoms with Crippen molar-refractivity contribution in [2.24, 2.45) is 10.8 Å². The zero-order valence-corrected chi connectivity index (χ0v) is 22.9. The van der Waals surface area contributed by atoms with Crippen molar-refractivity contribution in [1.82, 2.24) is 0 Å². The van der Waals surface area contributed by atoms with E-state index in [1.165, 1.54) is 18.1 Å². The predicted octanol–water partition coefficient (Wildman–Crippen LogP) is 5.23. The van der Waals surface area contributed by atoms with Gasteiger partial charge in [0.15, 0.2) is 0 Å². The van der Waals surface area contributed by atoms with Crippen molar-refractivity contribution in [3.05, 3.63) is 46.6 Å². The molecule has 6 nitrogen and oxygen atoms in total. The third kappa shape index (κ3) is 12.0. The first-order valence-electron chi connectivity index (χ1n) is 12.5. The van der Waals surface area contributed by atoms with Crippen LogP contribution >= 0.6 is 0 Å². The van der Waals surface area contributed by atoms with E-state index in [4.69, 9.17) is 4.74 Å². The third-order valence-electron chi connectivity index (χ3n) is 6.36. The number of hydrogen-bond acceptors (Lipinski definition) is 6. The number of hydrogen-bond donors (Lipinski definition) is 3. The van der Waals surface area contributed by atoms with Gasteiger partial charge in [0, 0.05) is 0 Å². The highest BCUT2D eigenvalue weighted by Crippen LogP contribution is 2.34. The molecule has 0 saturated carbocycles. The Bertz CT molecular complexity index is 740. The minimum atomic E-state index is -1.42. The van der Waals surface area contributed by atoms with E-state index in [1.807, 2.05) is 53.7 Å². The van der Waals surface area contributed by atoms with Gasteiger partial charge in [0.2, 0.25) is 0 Å². The van der Waals surface area contributed by atoms with Crippen LogP contribution in [-0.4, -0.2) is 53.5 Å². The molecule has 0 aromatic carbocycles. The predicted molar refractivity (Wildman–Crippen MR) is 142 cm³/mol. The lowest BCUT2D eigenvalue weighted by Crippen LogP contribution is -2.44. The topological polar surface area (TPSA) is 104 Å². The van der Waals surface area contributed by atoms with E-state index in [9.17, 15) is 24.9 Å². The molecule has 0 aromatic rings. The smallest absolute Gasteiger partial charge is 0.320 e. The molecule has 0 radical (unpaired) electrons. The Morgan fingerprint density at radius 2 is 1.09 bits per heavy atom. The lowest BCUT2D eigenvalue weighted by molar-refractivity contribution is -0.166. The van der Waals surface area contributed by atoms with Crippen molar-refractivity contribution in [2.75, 3.05) is 26.4 Å². The van der Waals surface area contributed by atoms with Crippen molar-refractivity contribution in [3.8, 4) is 0 Å². The maximum Gasteiger partial charge on any atom is 0.320 e. The van der Waals surface area contributed by atoms with Gasteiger partial charge in [-0.25, -0.2) is 0 Å². The van der Waals surface area contributed by atoms with Gasteiger partial charge in [-0.15, -0.1) is 0 Å². The van der Waals surface area contributed by atoms with Gasteiger partial charge in [-0.3, -0.25) is 9.59 Å². The van der Waals surface area contributed by atoms with Crippen LogP contribution in [0.15, 0.2) is 46.6 Å². The molecule has 35 heavy (non-hydrogen) atoms. The lowest BCUT2D eigenvalue weighted by Gasteiger charge is -2.31. The fourth-order valence-electron chi connectivity index (χ4n) is 3.40. The zero-order valence-electron chi connectivity index (χ0n) is 22.9. The lowest BCUT2D eigenvalue weighted by atomic mass is 9.76. The molecule has 0 aliphatic heterocycles. The van der Waals surface area contributed by atoms with E-state index in [0.29, 0.717) is 0 Å². The van der Waals surface area contributed by atoms with Crippen LogP contribution in [0.1, 0.15) is 87.0 Å². The third-order valence-corrected chi connectivity index (χ3v) is 6.36. The van der Waals surface area contributed by atoms with E-state index in [0.717, 1.165) is 36.8 Å². The molecule has 6 heteroatoms. The summed E-state index contributed by atoms with van der Waals surface area (Å²) < 4.78 is 5.48. The van der Waals surface area contributed by atoms with Gasteiger partial charge in [0.1, 0.15) is 17.8 Å². The average Bonchev–Trinajstić information content (AvgIpc) is 2.79. The van der Waals surface area contributed by atoms with E-state index >= 15 is 0 Å². The Hall–Kier alpha value is -2.02. The molecular formula is C29H48O6. The molecule has 0 aromatic heterocycles. The van der Waals surface area contributed by atoms with Crippen molar-refractivity contribution < 1.29 is 29.6 Å². The van der Waals surface area contributed by atoms with Gasteiger partial charge in [0.25, 0.3) is 0 Å². The molecule has 0 bridgehead atoms. The quantitative estimate of drug-likeness (QED) is 0.146. The number of carbonyl (C=O) groups is 2. The molecule has 0 saturated heterocycles. The van der Waals surface area contributed by atoms with E-state index in [-0.39, 0.29) is 25.2 Å². The van der Waals surface area contributed by atoms with Crippen LogP contribution in [0.3, 0.4) is 0 Å². The Morgan fingerprint density at radius 1 is 0.686 bits per heavy atom. The van der Waals surface area contributed by atoms with Gasteiger partial charge in [-0.1, -0.05) is 46.6 Å². The standard InChI is InChI=1S/C29H48O6/c1-22(2)10-8-12-24(5)14-16-29(26(7)33,17-15-25(6)13-9-11-23(3)4)27(34)35-21-28(18-30,19-31)20-32/h10-11,14-15,30-32H,8-9,12-13,16-21H2,1-7H3. The number of rotatable bonds is 17. The van der Waals surface area contributed by atoms with Gasteiger partial charge >= 0.3 is 5.97 Å². The molecule has 0 rings (SSSR count). The molecule has 0 atom stereocenters. The van der Waals surface area contributed by atoms with Gasteiger partial charge in [-0.2, -0.15) is 0 Å². The Balaban J connectivity index is 5.93. The minimum absolute atomic E-state index is 0.198. The van der Waals surface area contributed by atoms with Gasteiger partial charge < -0.3 is 20.1 Å². The first-order chi connectivity index (χ1) is 16.4. The number of carbonyl (C=O) groups excluding carboxylic acids is 2. The van der Waals surface area contributed by atoms with Crippen molar-refractivity contribution in [3.63, 3.8) is 0 Å². The second kappa shape index (κ2) is 16.6. The Kier molecular flexibility index (Phi) is 15.7. The van der Waals surface area contributed by atoms with Crippen LogP contribution in [-0.2, 0) is 14.3 Å². The summed E-state index contributed by atoms with van der Waals surface area (Å²) in [7, 11) is 0. The fraction of sp³-hybridized carbons (Fsp3) is 0.655. The highest BCUT2D eigenvalue weighted by molar-refractivity contribution is 6.03. The zero-order chi connectivity index (χ0) is 27.1. The average molecular weight is 493 g/mol. The fourth-order valence-corrected chi connectivity index (χ4v) is 3.40. The first-order valence-corrected chi connectivity index (χ1v) is 12.5. The van der Waals surface area contributed by atoms with E-state index < -0.39 is 36.6 Å². The molecule has 200 valence electrons. The summed E-state index contributed by atoms with van der Waals surface area (Å²) in [6.45, 7) is 11.6. The molecule has 0 unspecified atom stereocenters. The van der Waals surface area contributed by atoms with Crippen molar-refractivity contribution in [1.29, 1.82) is 0 Å². The van der Waals surface area contributed by atoms with E-state index in [2.05, 4.69) is 12.2 Å². The minimum Gasteiger partial charge on any atom is -0.464 e. The number of allylic oxidation sites excluding steroid dienone is 8. The van der Waals surface area contributed by atoms with Crippen LogP contribution in [0.25, 0.3) is 0 Å². The monoisotopic (exact) mass is 492 g/mol. The normalized spacial score (nSPS) is 14.2. The summed E-state index contributed by atoms with van der Waals surface area (Å²) in [6, 6.07) is 0. The second-order valence-corrected chi connectivity index (χ2v) is 10.3. The molecule has 0 amide bonds. The number of ether oxygens (including phenoxy) is 1. The molecule has 3 N–H and O–H groups in total.